The van der Waals surface area contributed by atoms with E-state index in [0.29, 0.717) is 11.4 Å². The summed E-state index contributed by atoms with van der Waals surface area (Å²) in [7, 11) is 0. The van der Waals surface area contributed by atoms with Crippen molar-refractivity contribution in [2.24, 2.45) is 0 Å². The van der Waals surface area contributed by atoms with Gasteiger partial charge >= 0.3 is 0 Å². The van der Waals surface area contributed by atoms with Crippen LogP contribution in [-0.4, -0.2) is 49.0 Å². The van der Waals surface area contributed by atoms with Gasteiger partial charge in [-0.25, -0.2) is 4.98 Å². The summed E-state index contributed by atoms with van der Waals surface area (Å²) in [6.45, 7) is 3.16. The Kier molecular flexibility index (Phi) is 5.92. The van der Waals surface area contributed by atoms with Crippen LogP contribution in [0.5, 0.6) is 0 Å². The van der Waals surface area contributed by atoms with E-state index in [0.717, 1.165) is 49.3 Å². The number of aliphatic hydroxyl groups is 2. The van der Waals surface area contributed by atoms with Crippen LogP contribution in [0.4, 0.5) is 11.6 Å². The maximum absolute atomic E-state index is 10.7. The fraction of sp³-hybridized carbons (Fsp3) is 0.476. The zero-order chi connectivity index (χ0) is 20.2. The molecule has 2 unspecified atom stereocenters. The SMILES string of the molecule is CCc1cnn2c(NC(O)c3cccnc3)cc(N3CCCCC3CCO)nc12. The molecular formula is C21H28N6O2. The number of aliphatic hydroxyl groups excluding tert-OH is 2. The molecule has 0 aliphatic carbocycles. The average Bonchev–Trinajstić information content (AvgIpc) is 3.18. The van der Waals surface area contributed by atoms with Crippen molar-refractivity contribution in [1.82, 2.24) is 19.6 Å². The normalized spacial score (nSPS) is 18.2. The van der Waals surface area contributed by atoms with Crippen molar-refractivity contribution >= 4 is 17.3 Å². The number of nitrogens with one attached hydrogen (secondary N) is 1. The molecule has 0 spiro atoms. The van der Waals surface area contributed by atoms with Gasteiger partial charge in [0.15, 0.2) is 11.9 Å². The number of pyridine rings is 1. The number of fused-ring (bicyclic) bond motifs is 1. The summed E-state index contributed by atoms with van der Waals surface area (Å²) in [6.07, 6.45) is 9.11. The van der Waals surface area contributed by atoms with E-state index >= 15 is 0 Å². The molecule has 154 valence electrons. The van der Waals surface area contributed by atoms with Crippen LogP contribution < -0.4 is 10.2 Å². The summed E-state index contributed by atoms with van der Waals surface area (Å²) < 4.78 is 1.74. The maximum atomic E-state index is 10.7. The van der Waals surface area contributed by atoms with Crippen molar-refractivity contribution in [1.29, 1.82) is 0 Å². The minimum atomic E-state index is -0.911. The lowest BCUT2D eigenvalue weighted by atomic mass is 9.99. The van der Waals surface area contributed by atoms with Gasteiger partial charge in [-0.05, 0) is 38.2 Å². The molecule has 2 atom stereocenters. The van der Waals surface area contributed by atoms with Crippen molar-refractivity contribution in [3.8, 4) is 0 Å². The second-order valence-corrected chi connectivity index (χ2v) is 7.45. The number of hydrogen-bond acceptors (Lipinski definition) is 7. The first-order valence-electron chi connectivity index (χ1n) is 10.3. The number of piperidine rings is 1. The highest BCUT2D eigenvalue weighted by Gasteiger charge is 2.25. The van der Waals surface area contributed by atoms with Gasteiger partial charge < -0.3 is 20.4 Å². The van der Waals surface area contributed by atoms with Crippen LogP contribution in [0.3, 0.4) is 0 Å². The summed E-state index contributed by atoms with van der Waals surface area (Å²) >= 11 is 0. The van der Waals surface area contributed by atoms with E-state index < -0.39 is 6.23 Å². The molecule has 1 aliphatic rings. The number of aryl methyl sites for hydroxylation is 1. The lowest BCUT2D eigenvalue weighted by molar-refractivity contribution is 0.207. The fourth-order valence-corrected chi connectivity index (χ4v) is 4.01. The van der Waals surface area contributed by atoms with E-state index in [1.807, 2.05) is 18.3 Å². The molecule has 1 aliphatic heterocycles. The van der Waals surface area contributed by atoms with Gasteiger partial charge in [0.05, 0.1) is 6.20 Å². The van der Waals surface area contributed by atoms with Crippen LogP contribution in [0.1, 0.15) is 50.0 Å². The largest absolute Gasteiger partial charge is 0.396 e. The number of hydrogen-bond donors (Lipinski definition) is 3. The second kappa shape index (κ2) is 8.75. The number of nitrogens with zero attached hydrogens (tertiary/aromatic N) is 5. The summed E-state index contributed by atoms with van der Waals surface area (Å²) in [5.41, 5.74) is 2.53. The number of rotatable bonds is 7. The maximum Gasteiger partial charge on any atom is 0.162 e. The Balaban J connectivity index is 1.74. The highest BCUT2D eigenvalue weighted by Crippen LogP contribution is 2.29. The Morgan fingerprint density at radius 1 is 1.31 bits per heavy atom. The standard InChI is InChI=1S/C21H28N6O2/c1-2-15-14-23-27-19(25-21(29)16-6-5-9-22-13-16)12-18(24-20(15)27)26-10-4-3-7-17(26)8-11-28/h5-6,9,12-14,17,21,25,28-29H,2-4,7-8,10-11H2,1H3. The first-order chi connectivity index (χ1) is 14.2. The number of anilines is 2. The molecule has 3 aromatic rings. The molecule has 0 saturated carbocycles. The van der Waals surface area contributed by atoms with E-state index in [2.05, 4.69) is 27.2 Å². The minimum absolute atomic E-state index is 0.168. The van der Waals surface area contributed by atoms with Crippen LogP contribution in [0.25, 0.3) is 5.65 Å². The lowest BCUT2D eigenvalue weighted by Gasteiger charge is -2.36. The topological polar surface area (TPSA) is 98.8 Å². The molecular weight excluding hydrogens is 368 g/mol. The van der Waals surface area contributed by atoms with Crippen molar-refractivity contribution in [2.75, 3.05) is 23.4 Å². The number of aromatic nitrogens is 4. The zero-order valence-electron chi connectivity index (χ0n) is 16.7. The molecule has 3 aromatic heterocycles. The molecule has 4 rings (SSSR count). The Labute approximate surface area is 170 Å². The second-order valence-electron chi connectivity index (χ2n) is 7.45. The molecule has 8 heteroatoms. The monoisotopic (exact) mass is 396 g/mol. The van der Waals surface area contributed by atoms with E-state index in [4.69, 9.17) is 4.98 Å². The van der Waals surface area contributed by atoms with Crippen LogP contribution in [-0.2, 0) is 6.42 Å². The van der Waals surface area contributed by atoms with Crippen LogP contribution in [0.15, 0.2) is 36.8 Å². The van der Waals surface area contributed by atoms with E-state index in [-0.39, 0.29) is 12.6 Å². The summed E-state index contributed by atoms with van der Waals surface area (Å²) in [5, 5.41) is 27.8. The molecule has 0 amide bonds. The van der Waals surface area contributed by atoms with Crippen LogP contribution in [0.2, 0.25) is 0 Å². The Bertz CT molecular complexity index is 943. The van der Waals surface area contributed by atoms with Crippen molar-refractivity contribution in [3.63, 3.8) is 0 Å². The van der Waals surface area contributed by atoms with E-state index in [9.17, 15) is 10.2 Å². The predicted molar refractivity (Wildman–Crippen MR) is 112 cm³/mol. The first kappa shape index (κ1) is 19.6. The molecule has 8 nitrogen and oxygen atoms in total. The summed E-state index contributed by atoms with van der Waals surface area (Å²) in [5.74, 6) is 1.53. The molecule has 4 heterocycles. The fourth-order valence-electron chi connectivity index (χ4n) is 4.01. The van der Waals surface area contributed by atoms with Crippen LogP contribution >= 0.6 is 0 Å². The quantitative estimate of drug-likeness (QED) is 0.528. The Morgan fingerprint density at radius 3 is 2.97 bits per heavy atom. The molecule has 29 heavy (non-hydrogen) atoms. The summed E-state index contributed by atoms with van der Waals surface area (Å²) in [6, 6.07) is 5.83. The minimum Gasteiger partial charge on any atom is -0.396 e. The van der Waals surface area contributed by atoms with Gasteiger partial charge in [0, 0.05) is 48.8 Å². The average molecular weight is 396 g/mol. The van der Waals surface area contributed by atoms with Crippen LogP contribution in [0, 0.1) is 0 Å². The highest BCUT2D eigenvalue weighted by molar-refractivity contribution is 5.61. The van der Waals surface area contributed by atoms with Gasteiger partial charge in [-0.15, -0.1) is 0 Å². The first-order valence-corrected chi connectivity index (χ1v) is 10.3. The van der Waals surface area contributed by atoms with Crippen molar-refractivity contribution in [3.05, 3.63) is 47.9 Å². The summed E-state index contributed by atoms with van der Waals surface area (Å²) in [4.78, 5) is 11.3. The third-order valence-electron chi connectivity index (χ3n) is 5.58. The van der Waals surface area contributed by atoms with Crippen molar-refractivity contribution < 1.29 is 10.2 Å². The van der Waals surface area contributed by atoms with Crippen molar-refractivity contribution in [2.45, 2.75) is 51.3 Å². The molecule has 0 radical (unpaired) electrons. The third kappa shape index (κ3) is 4.04. The van der Waals surface area contributed by atoms with Gasteiger partial charge in [-0.1, -0.05) is 13.0 Å². The van der Waals surface area contributed by atoms with Gasteiger partial charge in [0.2, 0.25) is 0 Å². The molecule has 1 saturated heterocycles. The highest BCUT2D eigenvalue weighted by atomic mass is 16.3. The van der Waals surface area contributed by atoms with Gasteiger partial charge in [-0.3, -0.25) is 4.98 Å². The van der Waals surface area contributed by atoms with E-state index in [1.54, 1.807) is 23.0 Å². The third-order valence-corrected chi connectivity index (χ3v) is 5.58. The Hall–Kier alpha value is -2.71. The molecule has 0 bridgehead atoms. The zero-order valence-corrected chi connectivity index (χ0v) is 16.7. The predicted octanol–water partition coefficient (Wildman–Crippen LogP) is 2.53. The lowest BCUT2D eigenvalue weighted by Crippen LogP contribution is -2.40. The van der Waals surface area contributed by atoms with E-state index in [1.165, 1.54) is 6.42 Å². The molecule has 3 N–H and O–H groups in total. The Morgan fingerprint density at radius 2 is 2.21 bits per heavy atom. The van der Waals surface area contributed by atoms with Gasteiger partial charge in [0.25, 0.3) is 0 Å². The molecule has 0 aromatic carbocycles. The molecule has 1 fully saturated rings. The smallest absolute Gasteiger partial charge is 0.162 e. The van der Waals surface area contributed by atoms with Gasteiger partial charge in [0.1, 0.15) is 11.6 Å². The van der Waals surface area contributed by atoms with Gasteiger partial charge in [-0.2, -0.15) is 9.61 Å².